The normalized spacial score (nSPS) is 11.5. The lowest BCUT2D eigenvalue weighted by Gasteiger charge is -2.08. The molecule has 1 N–H and O–H groups in total. The predicted octanol–water partition coefficient (Wildman–Crippen LogP) is 2.40. The molecule has 0 aromatic heterocycles. The number of rotatable bonds is 2. The molecule has 0 aliphatic carbocycles. The van der Waals surface area contributed by atoms with Gasteiger partial charge in [-0.3, -0.25) is 0 Å². The van der Waals surface area contributed by atoms with Crippen LogP contribution in [0.1, 0.15) is 11.1 Å². The lowest BCUT2D eigenvalue weighted by Crippen LogP contribution is -2.17. The standard InChI is InChI=1S/C10H9F3N2O2/c1-17-9(16)15-14-6-7-4-2-3-5-8(7)10(11,12)13/h2-6H,1H3,(H,15,16). The van der Waals surface area contributed by atoms with Crippen molar-refractivity contribution in [1.29, 1.82) is 0 Å². The van der Waals surface area contributed by atoms with E-state index in [1.54, 1.807) is 0 Å². The summed E-state index contributed by atoms with van der Waals surface area (Å²) in [6, 6.07) is 4.88. The molecular weight excluding hydrogens is 237 g/mol. The highest BCUT2D eigenvalue weighted by Gasteiger charge is 2.32. The number of hydrogen-bond donors (Lipinski definition) is 1. The molecular formula is C10H9F3N2O2. The second-order valence-electron chi connectivity index (χ2n) is 2.95. The Bertz CT molecular complexity index is 430. The number of alkyl halides is 3. The van der Waals surface area contributed by atoms with E-state index in [2.05, 4.69) is 9.84 Å². The summed E-state index contributed by atoms with van der Waals surface area (Å²) in [5.74, 6) is 0. The SMILES string of the molecule is COC(=O)NN=Cc1ccccc1C(F)(F)F. The molecule has 7 heteroatoms. The summed E-state index contributed by atoms with van der Waals surface area (Å²) in [5, 5.41) is 3.34. The quantitative estimate of drug-likeness (QED) is 0.643. The van der Waals surface area contributed by atoms with E-state index in [4.69, 9.17) is 0 Å². The van der Waals surface area contributed by atoms with E-state index in [9.17, 15) is 18.0 Å². The molecule has 1 rings (SSSR count). The molecule has 0 fully saturated rings. The van der Waals surface area contributed by atoms with E-state index >= 15 is 0 Å². The number of hydrogen-bond acceptors (Lipinski definition) is 3. The first-order chi connectivity index (χ1) is 7.95. The smallest absolute Gasteiger partial charge is 0.427 e. The lowest BCUT2D eigenvalue weighted by atomic mass is 10.1. The van der Waals surface area contributed by atoms with Crippen molar-refractivity contribution < 1.29 is 22.7 Å². The van der Waals surface area contributed by atoms with Crippen LogP contribution in [0.2, 0.25) is 0 Å². The largest absolute Gasteiger partial charge is 0.452 e. The first kappa shape index (κ1) is 13.0. The summed E-state index contributed by atoms with van der Waals surface area (Å²) in [5.41, 5.74) is 0.935. The van der Waals surface area contributed by atoms with Crippen molar-refractivity contribution in [2.24, 2.45) is 5.10 Å². The number of nitrogens with one attached hydrogen (secondary N) is 1. The molecule has 0 radical (unpaired) electrons. The molecule has 1 aromatic carbocycles. The molecule has 0 saturated heterocycles. The average molecular weight is 246 g/mol. The molecule has 0 unspecified atom stereocenters. The van der Waals surface area contributed by atoms with Gasteiger partial charge in [-0.1, -0.05) is 18.2 Å². The van der Waals surface area contributed by atoms with Crippen LogP contribution in [0.25, 0.3) is 0 Å². The zero-order chi connectivity index (χ0) is 12.9. The van der Waals surface area contributed by atoms with Crippen LogP contribution in [0, 0.1) is 0 Å². The van der Waals surface area contributed by atoms with E-state index in [0.717, 1.165) is 19.4 Å². The summed E-state index contributed by atoms with van der Waals surface area (Å²) in [4.78, 5) is 10.6. The second kappa shape index (κ2) is 5.33. The maximum Gasteiger partial charge on any atom is 0.427 e. The Morgan fingerprint density at radius 2 is 2.06 bits per heavy atom. The van der Waals surface area contributed by atoms with Crippen LogP contribution in [0.5, 0.6) is 0 Å². The van der Waals surface area contributed by atoms with Gasteiger partial charge in [0.1, 0.15) is 0 Å². The molecule has 92 valence electrons. The Kier molecular flexibility index (Phi) is 4.08. The minimum Gasteiger partial charge on any atom is -0.452 e. The van der Waals surface area contributed by atoms with Crippen LogP contribution in [0.4, 0.5) is 18.0 Å². The van der Waals surface area contributed by atoms with Crippen molar-refractivity contribution in [3.05, 3.63) is 35.4 Å². The Morgan fingerprint density at radius 3 is 2.65 bits per heavy atom. The first-order valence-corrected chi connectivity index (χ1v) is 4.48. The summed E-state index contributed by atoms with van der Waals surface area (Å²) in [6.45, 7) is 0. The number of ether oxygens (including phenoxy) is 1. The number of hydrazone groups is 1. The van der Waals surface area contributed by atoms with Crippen LogP contribution in [-0.4, -0.2) is 19.4 Å². The average Bonchev–Trinajstić information content (AvgIpc) is 2.28. The van der Waals surface area contributed by atoms with Gasteiger partial charge in [-0.15, -0.1) is 0 Å². The number of methoxy groups -OCH3 is 1. The minimum absolute atomic E-state index is 0.142. The number of carbonyl (C=O) groups is 1. The fourth-order valence-electron chi connectivity index (χ4n) is 1.07. The number of amides is 1. The van der Waals surface area contributed by atoms with Crippen molar-refractivity contribution in [2.75, 3.05) is 7.11 Å². The van der Waals surface area contributed by atoms with Crippen LogP contribution < -0.4 is 5.43 Å². The van der Waals surface area contributed by atoms with Crippen molar-refractivity contribution >= 4 is 12.3 Å². The molecule has 1 aromatic rings. The van der Waals surface area contributed by atoms with E-state index in [0.29, 0.717) is 0 Å². The second-order valence-corrected chi connectivity index (χ2v) is 2.95. The number of nitrogens with zero attached hydrogens (tertiary/aromatic N) is 1. The maximum absolute atomic E-state index is 12.5. The van der Waals surface area contributed by atoms with E-state index in [-0.39, 0.29) is 5.56 Å². The molecule has 4 nitrogen and oxygen atoms in total. The third-order valence-corrected chi connectivity index (χ3v) is 1.81. The van der Waals surface area contributed by atoms with Crippen LogP contribution in [0.15, 0.2) is 29.4 Å². The summed E-state index contributed by atoms with van der Waals surface area (Å²) >= 11 is 0. The lowest BCUT2D eigenvalue weighted by molar-refractivity contribution is -0.137. The predicted molar refractivity (Wildman–Crippen MR) is 54.6 cm³/mol. The van der Waals surface area contributed by atoms with E-state index in [1.165, 1.54) is 18.2 Å². The Hall–Kier alpha value is -2.05. The van der Waals surface area contributed by atoms with Gasteiger partial charge >= 0.3 is 12.3 Å². The van der Waals surface area contributed by atoms with Crippen molar-refractivity contribution in [2.45, 2.75) is 6.18 Å². The molecule has 0 atom stereocenters. The van der Waals surface area contributed by atoms with Crippen LogP contribution in [0.3, 0.4) is 0 Å². The number of carbonyl (C=O) groups excluding carboxylic acids is 1. The van der Waals surface area contributed by atoms with Crippen LogP contribution >= 0.6 is 0 Å². The Balaban J connectivity index is 2.88. The van der Waals surface area contributed by atoms with Gasteiger partial charge < -0.3 is 4.74 Å². The molecule has 0 spiro atoms. The highest BCUT2D eigenvalue weighted by atomic mass is 19.4. The molecule has 0 aliphatic heterocycles. The van der Waals surface area contributed by atoms with Gasteiger partial charge in [0.15, 0.2) is 0 Å². The first-order valence-electron chi connectivity index (χ1n) is 4.48. The summed E-state index contributed by atoms with van der Waals surface area (Å²) in [7, 11) is 1.12. The third kappa shape index (κ3) is 3.78. The minimum atomic E-state index is -4.46. The van der Waals surface area contributed by atoms with Gasteiger partial charge in [0.2, 0.25) is 0 Å². The zero-order valence-corrected chi connectivity index (χ0v) is 8.78. The van der Waals surface area contributed by atoms with Gasteiger partial charge in [-0.05, 0) is 6.07 Å². The van der Waals surface area contributed by atoms with Crippen molar-refractivity contribution in [1.82, 2.24) is 5.43 Å². The summed E-state index contributed by atoms with van der Waals surface area (Å²) < 4.78 is 41.8. The van der Waals surface area contributed by atoms with Gasteiger partial charge in [-0.2, -0.15) is 18.3 Å². The van der Waals surface area contributed by atoms with Gasteiger partial charge in [0.25, 0.3) is 0 Å². The van der Waals surface area contributed by atoms with Crippen molar-refractivity contribution in [3.8, 4) is 0 Å². The zero-order valence-electron chi connectivity index (χ0n) is 8.78. The van der Waals surface area contributed by atoms with E-state index < -0.39 is 17.8 Å². The molecule has 0 aliphatic rings. The highest BCUT2D eigenvalue weighted by molar-refractivity contribution is 5.83. The fourth-order valence-corrected chi connectivity index (χ4v) is 1.07. The molecule has 0 saturated carbocycles. The molecule has 17 heavy (non-hydrogen) atoms. The molecule has 0 heterocycles. The highest BCUT2D eigenvalue weighted by Crippen LogP contribution is 2.30. The summed E-state index contributed by atoms with van der Waals surface area (Å²) in [6.07, 6.45) is -4.42. The topological polar surface area (TPSA) is 50.7 Å². The van der Waals surface area contributed by atoms with E-state index in [1.807, 2.05) is 5.43 Å². The maximum atomic E-state index is 12.5. The number of halogens is 3. The number of benzene rings is 1. The van der Waals surface area contributed by atoms with Crippen LogP contribution in [-0.2, 0) is 10.9 Å². The van der Waals surface area contributed by atoms with Gasteiger partial charge in [0.05, 0.1) is 18.9 Å². The molecule has 1 amide bonds. The third-order valence-electron chi connectivity index (χ3n) is 1.81. The van der Waals surface area contributed by atoms with Crippen molar-refractivity contribution in [3.63, 3.8) is 0 Å². The molecule has 0 bridgehead atoms. The Morgan fingerprint density at radius 1 is 1.41 bits per heavy atom. The van der Waals surface area contributed by atoms with Gasteiger partial charge in [-0.25, -0.2) is 10.2 Å². The Labute approximate surface area is 95.1 Å². The fraction of sp³-hybridized carbons (Fsp3) is 0.200. The monoisotopic (exact) mass is 246 g/mol. The van der Waals surface area contributed by atoms with Gasteiger partial charge in [0, 0.05) is 5.56 Å².